The van der Waals surface area contributed by atoms with Crippen LogP contribution in [0.15, 0.2) is 125 Å². The number of aryl methyl sites for hydroxylation is 1. The minimum atomic E-state index is -0.0568. The van der Waals surface area contributed by atoms with Crippen LogP contribution in [0.4, 0.5) is 5.69 Å². The van der Waals surface area contributed by atoms with Crippen molar-refractivity contribution < 1.29 is 9.36 Å². The number of fused-ring (bicyclic) bond motifs is 4. The Balaban J connectivity index is 1.00. The Bertz CT molecular complexity index is 3820. The zero-order valence-electron chi connectivity index (χ0n) is 35.7. The van der Waals surface area contributed by atoms with E-state index in [1.165, 1.54) is 0 Å². The van der Waals surface area contributed by atoms with E-state index in [0.717, 1.165) is 94.2 Å². The SMILES string of the molecule is Cc1ccncc1-c1cnc2[nH]nc(-c3nc4c(-c5cscc5-[n+]5cc(-c6cncc(NC(=O)CC(C)C)c6)cc6c(-c7nc8c(-c9ccsc9)cccc8[nH]7)n[nH]c65)cccc4[nH]3)c2c1. The van der Waals surface area contributed by atoms with Crippen LogP contribution in [0.2, 0.25) is 0 Å². The van der Waals surface area contributed by atoms with Gasteiger partial charge in [-0.1, -0.05) is 43.2 Å². The summed E-state index contributed by atoms with van der Waals surface area (Å²) in [6.07, 6.45) is 11.5. The van der Waals surface area contributed by atoms with Crippen LogP contribution >= 0.6 is 22.7 Å². The molecule has 10 aromatic heterocycles. The van der Waals surface area contributed by atoms with Crippen molar-refractivity contribution in [2.45, 2.75) is 27.2 Å². The molecule has 16 heteroatoms. The average Bonchev–Trinajstić information content (AvgIpc) is 4.19. The van der Waals surface area contributed by atoms with Crippen molar-refractivity contribution in [1.82, 2.24) is 55.3 Å². The zero-order chi connectivity index (χ0) is 44.5. The maximum atomic E-state index is 12.9. The van der Waals surface area contributed by atoms with E-state index >= 15 is 0 Å². The Hall–Kier alpha value is -8.21. The van der Waals surface area contributed by atoms with Gasteiger partial charge in [0.15, 0.2) is 28.7 Å². The van der Waals surface area contributed by atoms with Crippen LogP contribution in [0.1, 0.15) is 25.8 Å². The smallest absolute Gasteiger partial charge is 0.314 e. The fourth-order valence-corrected chi connectivity index (χ4v) is 10.1. The number of hydrogen-bond acceptors (Lipinski definition) is 10. The molecule has 0 aliphatic rings. The predicted molar refractivity (Wildman–Crippen MR) is 261 cm³/mol. The molecule has 0 unspecified atom stereocenters. The molecule has 66 heavy (non-hydrogen) atoms. The van der Waals surface area contributed by atoms with Gasteiger partial charge in [0.25, 0.3) is 0 Å². The van der Waals surface area contributed by atoms with Crippen LogP contribution in [-0.4, -0.2) is 61.2 Å². The molecular formula is C50H38N13OS2+. The highest BCUT2D eigenvalue weighted by Gasteiger charge is 2.27. The number of carbonyl (C=O) groups excluding carboxylic acids is 1. The van der Waals surface area contributed by atoms with Gasteiger partial charge in [-0.05, 0) is 77.2 Å². The van der Waals surface area contributed by atoms with Gasteiger partial charge in [0, 0.05) is 80.9 Å². The second-order valence-electron chi connectivity index (χ2n) is 16.7. The molecule has 1 amide bonds. The molecule has 10 heterocycles. The van der Waals surface area contributed by atoms with E-state index in [1.54, 1.807) is 35.1 Å². The summed E-state index contributed by atoms with van der Waals surface area (Å²) in [5.74, 6) is 1.42. The highest BCUT2D eigenvalue weighted by molar-refractivity contribution is 7.08. The van der Waals surface area contributed by atoms with Gasteiger partial charge in [-0.3, -0.25) is 19.9 Å². The van der Waals surface area contributed by atoms with Crippen LogP contribution < -0.4 is 9.88 Å². The normalized spacial score (nSPS) is 11.8. The van der Waals surface area contributed by atoms with E-state index in [9.17, 15) is 4.79 Å². The minimum absolute atomic E-state index is 0.0568. The highest BCUT2D eigenvalue weighted by Crippen LogP contribution is 2.38. The number of thiophene rings is 2. The number of amides is 1. The predicted octanol–water partition coefficient (Wildman–Crippen LogP) is 11.1. The molecule has 12 rings (SSSR count). The summed E-state index contributed by atoms with van der Waals surface area (Å²) in [5, 5.41) is 29.4. The van der Waals surface area contributed by atoms with Crippen LogP contribution in [0.3, 0.4) is 0 Å². The van der Waals surface area contributed by atoms with Gasteiger partial charge in [0.2, 0.25) is 5.91 Å². The van der Waals surface area contributed by atoms with Crippen molar-refractivity contribution in [1.29, 1.82) is 0 Å². The highest BCUT2D eigenvalue weighted by atomic mass is 32.1. The van der Waals surface area contributed by atoms with Gasteiger partial charge in [0.1, 0.15) is 17.3 Å². The number of nitrogens with one attached hydrogen (secondary N) is 5. The molecule has 0 fully saturated rings. The van der Waals surface area contributed by atoms with Crippen molar-refractivity contribution in [2.75, 3.05) is 5.32 Å². The summed E-state index contributed by atoms with van der Waals surface area (Å²) in [7, 11) is 0. The first-order valence-electron chi connectivity index (χ1n) is 21.3. The molecule has 5 N–H and O–H groups in total. The molecule has 0 atom stereocenters. The number of H-pyrrole nitrogens is 4. The lowest BCUT2D eigenvalue weighted by molar-refractivity contribution is -0.567. The third kappa shape index (κ3) is 6.81. The van der Waals surface area contributed by atoms with E-state index in [4.69, 9.17) is 25.1 Å². The first kappa shape index (κ1) is 39.4. The van der Waals surface area contributed by atoms with Crippen LogP contribution in [-0.2, 0) is 4.79 Å². The number of aromatic nitrogens is 12. The monoisotopic (exact) mass is 900 g/mol. The molecule has 0 saturated heterocycles. The van der Waals surface area contributed by atoms with Crippen molar-refractivity contribution in [3.63, 3.8) is 0 Å². The molecule has 0 aliphatic heterocycles. The Morgan fingerprint density at radius 2 is 1.48 bits per heavy atom. The molecule has 12 aromatic rings. The number of carbonyl (C=O) groups is 1. The van der Waals surface area contributed by atoms with E-state index in [0.29, 0.717) is 40.8 Å². The number of para-hydroxylation sites is 2. The Kier molecular flexibility index (Phi) is 9.43. The average molecular weight is 901 g/mol. The van der Waals surface area contributed by atoms with Crippen molar-refractivity contribution in [2.24, 2.45) is 5.92 Å². The molecule has 0 spiro atoms. The fourth-order valence-electron chi connectivity index (χ4n) is 8.67. The number of pyridine rings is 4. The summed E-state index contributed by atoms with van der Waals surface area (Å²) in [4.78, 5) is 44.0. The quantitative estimate of drug-likeness (QED) is 0.0839. The van der Waals surface area contributed by atoms with Crippen LogP contribution in [0, 0.1) is 12.8 Å². The van der Waals surface area contributed by atoms with E-state index in [-0.39, 0.29) is 11.8 Å². The first-order chi connectivity index (χ1) is 32.3. The third-order valence-electron chi connectivity index (χ3n) is 11.8. The number of anilines is 1. The molecule has 0 radical (unpaired) electrons. The number of nitrogens with zero attached hydrogens (tertiary/aromatic N) is 8. The van der Waals surface area contributed by atoms with Crippen molar-refractivity contribution >= 4 is 78.4 Å². The summed E-state index contributed by atoms with van der Waals surface area (Å²) in [5.41, 5.74) is 16.6. The van der Waals surface area contributed by atoms with Crippen molar-refractivity contribution in [3.8, 4) is 73.2 Å². The lowest BCUT2D eigenvalue weighted by atomic mass is 10.0. The number of aromatic amines is 4. The standard InChI is InChI=1S/C50H37N13OS2/c1-26(2)14-42(64)54-32-15-29(18-52-20-32)31-17-36-46(49-55-39-8-4-6-33(43(39)57-49)28-11-13-65-23-28)60-62-50(36)63(22-31)41-25-66-24-38(41)34-7-5-9-40-44(34)58-48(56-40)45-35-16-30(19-53-47(35)61-59-45)37-21-51-12-10-27(37)3/h4-13,15-26H,14H2,1-3H3,(H4,53,54,55,56,57,58,59,60,61,64)/p+1. The van der Waals surface area contributed by atoms with Gasteiger partial charge in [0.05, 0.1) is 39.3 Å². The van der Waals surface area contributed by atoms with Crippen LogP contribution in [0.5, 0.6) is 0 Å². The summed E-state index contributed by atoms with van der Waals surface area (Å²) >= 11 is 3.26. The zero-order valence-corrected chi connectivity index (χ0v) is 37.3. The summed E-state index contributed by atoms with van der Waals surface area (Å²) < 4.78 is 2.14. The summed E-state index contributed by atoms with van der Waals surface area (Å²) in [6, 6.07) is 22.6. The molecule has 0 bridgehead atoms. The third-order valence-corrected chi connectivity index (χ3v) is 13.2. The largest absolute Gasteiger partial charge is 0.337 e. The topological polar surface area (TPSA) is 186 Å². The van der Waals surface area contributed by atoms with Gasteiger partial charge in [-0.2, -0.15) is 21.0 Å². The Morgan fingerprint density at radius 1 is 0.712 bits per heavy atom. The van der Waals surface area contributed by atoms with E-state index in [2.05, 4.69) is 105 Å². The van der Waals surface area contributed by atoms with Gasteiger partial charge < -0.3 is 15.3 Å². The Labute approximate surface area is 383 Å². The first-order valence-corrected chi connectivity index (χ1v) is 23.2. The number of benzene rings is 2. The van der Waals surface area contributed by atoms with Crippen molar-refractivity contribution in [3.05, 3.63) is 131 Å². The lowest BCUT2D eigenvalue weighted by Crippen LogP contribution is -2.32. The van der Waals surface area contributed by atoms with E-state index in [1.807, 2.05) is 68.8 Å². The molecule has 14 nitrogen and oxygen atoms in total. The molecule has 0 aliphatic carbocycles. The second kappa shape index (κ2) is 15.8. The maximum absolute atomic E-state index is 12.9. The number of imidazole rings is 2. The maximum Gasteiger partial charge on any atom is 0.314 e. The Morgan fingerprint density at radius 3 is 2.27 bits per heavy atom. The molecule has 0 saturated carbocycles. The van der Waals surface area contributed by atoms with Gasteiger partial charge >= 0.3 is 5.65 Å². The molecule has 2 aromatic carbocycles. The molecule has 320 valence electrons. The second-order valence-corrected chi connectivity index (χ2v) is 18.2. The number of rotatable bonds is 10. The fraction of sp³-hybridized carbons (Fsp3) is 0.100. The van der Waals surface area contributed by atoms with Gasteiger partial charge in [-0.15, -0.1) is 16.4 Å². The number of hydrogen-bond donors (Lipinski definition) is 5. The minimum Gasteiger partial charge on any atom is -0.337 e. The summed E-state index contributed by atoms with van der Waals surface area (Å²) in [6.45, 7) is 6.12. The lowest BCUT2D eigenvalue weighted by Gasteiger charge is -2.10. The van der Waals surface area contributed by atoms with E-state index < -0.39 is 0 Å². The van der Waals surface area contributed by atoms with Gasteiger partial charge in [-0.25, -0.2) is 15.0 Å². The molecular weight excluding hydrogens is 863 g/mol. The van der Waals surface area contributed by atoms with Crippen LogP contribution in [0.25, 0.3) is 117 Å².